The van der Waals surface area contributed by atoms with Crippen LogP contribution in [0.3, 0.4) is 0 Å². The van der Waals surface area contributed by atoms with Gasteiger partial charge in [0.05, 0.1) is 7.11 Å². The Morgan fingerprint density at radius 1 is 0.600 bits per heavy atom. The van der Waals surface area contributed by atoms with Crippen molar-refractivity contribution < 1.29 is 4.74 Å². The molecule has 2 aliphatic rings. The summed E-state index contributed by atoms with van der Waals surface area (Å²) in [6.07, 6.45) is 7.41. The molecule has 2 aromatic rings. The van der Waals surface area contributed by atoms with Crippen molar-refractivity contribution in [3.8, 4) is 5.75 Å². The molecule has 0 fully saturated rings. The summed E-state index contributed by atoms with van der Waals surface area (Å²) in [4.78, 5) is 0. The largest absolute Gasteiger partial charge is 0.497 e. The molecule has 0 radical (unpaired) electrons. The van der Waals surface area contributed by atoms with Crippen molar-refractivity contribution in [2.45, 2.75) is 45.4 Å². The minimum absolute atomic E-state index is 0.935. The zero-order chi connectivity index (χ0) is 17.2. The van der Waals surface area contributed by atoms with E-state index in [1.165, 1.54) is 55.2 Å². The van der Waals surface area contributed by atoms with Crippen molar-refractivity contribution in [1.29, 1.82) is 0 Å². The van der Waals surface area contributed by atoms with Crippen LogP contribution < -0.4 is 4.74 Å². The van der Waals surface area contributed by atoms with Gasteiger partial charge in [-0.2, -0.15) is 0 Å². The highest BCUT2D eigenvalue weighted by atomic mass is 16.5. The Balaban J connectivity index is 1.80. The van der Waals surface area contributed by atoms with Crippen LogP contribution >= 0.6 is 0 Å². The molecule has 0 unspecified atom stereocenters. The number of aryl methyl sites for hydroxylation is 1. The summed E-state index contributed by atoms with van der Waals surface area (Å²) in [5, 5.41) is 0. The predicted molar refractivity (Wildman–Crippen MR) is 106 cm³/mol. The van der Waals surface area contributed by atoms with Crippen LogP contribution in [0, 0.1) is 6.92 Å². The van der Waals surface area contributed by atoms with E-state index in [1.54, 1.807) is 29.4 Å². The van der Waals surface area contributed by atoms with Gasteiger partial charge in [0.15, 0.2) is 0 Å². The van der Waals surface area contributed by atoms with Gasteiger partial charge >= 0.3 is 0 Å². The molecule has 0 saturated carbocycles. The topological polar surface area (TPSA) is 9.23 Å². The van der Waals surface area contributed by atoms with Crippen molar-refractivity contribution in [3.63, 3.8) is 0 Å². The predicted octanol–water partition coefficient (Wildman–Crippen LogP) is 6.58. The van der Waals surface area contributed by atoms with Crippen LogP contribution in [0.25, 0.3) is 11.1 Å². The quantitative estimate of drug-likeness (QED) is 0.617. The summed E-state index contributed by atoms with van der Waals surface area (Å²) in [6, 6.07) is 17.7. The highest BCUT2D eigenvalue weighted by molar-refractivity contribution is 5.82. The molecule has 4 rings (SSSR count). The number of hydrogen-bond acceptors (Lipinski definition) is 1. The Kier molecular flexibility index (Phi) is 4.48. The van der Waals surface area contributed by atoms with Crippen LogP contribution in [0.4, 0.5) is 0 Å². The zero-order valence-corrected chi connectivity index (χ0v) is 15.3. The van der Waals surface area contributed by atoms with Crippen molar-refractivity contribution >= 4 is 11.1 Å². The third-order valence-electron chi connectivity index (χ3n) is 5.64. The number of fused-ring (bicyclic) bond motifs is 1. The van der Waals surface area contributed by atoms with E-state index < -0.39 is 0 Å². The Morgan fingerprint density at radius 3 is 1.52 bits per heavy atom. The van der Waals surface area contributed by atoms with Gasteiger partial charge < -0.3 is 4.74 Å². The van der Waals surface area contributed by atoms with Crippen LogP contribution in [0.15, 0.2) is 59.7 Å². The van der Waals surface area contributed by atoms with E-state index in [9.17, 15) is 0 Å². The number of benzene rings is 2. The van der Waals surface area contributed by atoms with Gasteiger partial charge in [-0.15, -0.1) is 0 Å². The average Bonchev–Trinajstić information content (AvgIpc) is 2.68. The van der Waals surface area contributed by atoms with E-state index in [0.29, 0.717) is 0 Å². The first kappa shape index (κ1) is 16.2. The highest BCUT2D eigenvalue weighted by Gasteiger charge is 2.25. The SMILES string of the molecule is COc1ccc(C2=C3CCCC(c4ccc(C)cc4)=C3CCC2)cc1. The summed E-state index contributed by atoms with van der Waals surface area (Å²) in [7, 11) is 1.73. The monoisotopic (exact) mass is 330 g/mol. The first-order valence-corrected chi connectivity index (χ1v) is 9.42. The molecule has 0 aliphatic heterocycles. The fourth-order valence-electron chi connectivity index (χ4n) is 4.34. The third-order valence-corrected chi connectivity index (χ3v) is 5.64. The lowest BCUT2D eigenvalue weighted by atomic mass is 9.74. The third kappa shape index (κ3) is 3.16. The molecule has 0 amide bonds. The Labute approximate surface area is 151 Å². The van der Waals surface area contributed by atoms with Gasteiger partial charge in [0.2, 0.25) is 0 Å². The molecular weight excluding hydrogens is 304 g/mol. The van der Waals surface area contributed by atoms with Gasteiger partial charge in [0.1, 0.15) is 5.75 Å². The maximum atomic E-state index is 5.32. The number of rotatable bonds is 3. The normalized spacial score (nSPS) is 17.5. The molecule has 0 N–H and O–H groups in total. The van der Waals surface area contributed by atoms with Crippen LogP contribution in [0.2, 0.25) is 0 Å². The van der Waals surface area contributed by atoms with Crippen LogP contribution in [0.5, 0.6) is 5.75 Å². The van der Waals surface area contributed by atoms with E-state index in [1.807, 2.05) is 0 Å². The van der Waals surface area contributed by atoms with Crippen molar-refractivity contribution in [2.75, 3.05) is 7.11 Å². The van der Waals surface area contributed by atoms with E-state index in [-0.39, 0.29) is 0 Å². The second-order valence-corrected chi connectivity index (χ2v) is 7.22. The van der Waals surface area contributed by atoms with E-state index in [4.69, 9.17) is 4.74 Å². The van der Waals surface area contributed by atoms with Gasteiger partial charge in [-0.3, -0.25) is 0 Å². The summed E-state index contributed by atoms with van der Waals surface area (Å²) >= 11 is 0. The molecule has 0 bridgehead atoms. The van der Waals surface area contributed by atoms with Gasteiger partial charge in [0.25, 0.3) is 0 Å². The molecule has 25 heavy (non-hydrogen) atoms. The first-order valence-electron chi connectivity index (χ1n) is 9.42. The minimum atomic E-state index is 0.935. The lowest BCUT2D eigenvalue weighted by molar-refractivity contribution is 0.415. The number of hydrogen-bond donors (Lipinski definition) is 0. The molecule has 128 valence electrons. The van der Waals surface area contributed by atoms with Gasteiger partial charge in [-0.25, -0.2) is 0 Å². The number of methoxy groups -OCH3 is 1. The Bertz CT molecular complexity index is 819. The van der Waals surface area contributed by atoms with Crippen LogP contribution in [0.1, 0.15) is 55.2 Å². The van der Waals surface area contributed by atoms with Crippen molar-refractivity contribution in [1.82, 2.24) is 0 Å². The summed E-state index contributed by atoms with van der Waals surface area (Å²) in [5.74, 6) is 0.935. The summed E-state index contributed by atoms with van der Waals surface area (Å²) in [5.41, 5.74) is 10.5. The fraction of sp³-hybridized carbons (Fsp3) is 0.333. The number of ether oxygens (including phenoxy) is 1. The molecule has 0 atom stereocenters. The van der Waals surface area contributed by atoms with E-state index in [2.05, 4.69) is 55.5 Å². The molecule has 0 spiro atoms. The van der Waals surface area contributed by atoms with Gasteiger partial charge in [-0.1, -0.05) is 42.0 Å². The Morgan fingerprint density at radius 2 is 1.04 bits per heavy atom. The lowest BCUT2D eigenvalue weighted by Crippen LogP contribution is -2.10. The second-order valence-electron chi connectivity index (χ2n) is 7.22. The number of allylic oxidation sites excluding steroid dienone is 4. The summed E-state index contributed by atoms with van der Waals surface area (Å²) in [6.45, 7) is 2.16. The van der Waals surface area contributed by atoms with Crippen molar-refractivity contribution in [3.05, 3.63) is 76.4 Å². The van der Waals surface area contributed by atoms with Crippen molar-refractivity contribution in [2.24, 2.45) is 0 Å². The molecule has 0 aromatic heterocycles. The molecule has 0 saturated heterocycles. The molecular formula is C24H26O. The van der Waals surface area contributed by atoms with Gasteiger partial charge in [0, 0.05) is 0 Å². The second kappa shape index (κ2) is 6.92. The molecule has 0 heterocycles. The maximum absolute atomic E-state index is 5.32. The highest BCUT2D eigenvalue weighted by Crippen LogP contribution is 2.46. The average molecular weight is 330 g/mol. The minimum Gasteiger partial charge on any atom is -0.497 e. The maximum Gasteiger partial charge on any atom is 0.118 e. The summed E-state index contributed by atoms with van der Waals surface area (Å²) < 4.78 is 5.32. The Hall–Kier alpha value is -2.28. The molecule has 1 heteroatoms. The van der Waals surface area contributed by atoms with Crippen LogP contribution in [-0.4, -0.2) is 7.11 Å². The van der Waals surface area contributed by atoms with E-state index >= 15 is 0 Å². The van der Waals surface area contributed by atoms with Gasteiger partial charge in [-0.05, 0) is 91.0 Å². The van der Waals surface area contributed by atoms with E-state index in [0.717, 1.165) is 5.75 Å². The molecule has 2 aliphatic carbocycles. The fourth-order valence-corrected chi connectivity index (χ4v) is 4.34. The zero-order valence-electron chi connectivity index (χ0n) is 15.3. The lowest BCUT2D eigenvalue weighted by Gasteiger charge is -2.30. The molecule has 2 aromatic carbocycles. The molecule has 1 nitrogen and oxygen atoms in total. The standard InChI is InChI=1S/C24H26O/c1-17-9-11-18(12-10-17)21-5-3-8-24-22(6-4-7-23(21)24)19-13-15-20(25-2)16-14-19/h9-16H,3-8H2,1-2H3. The smallest absolute Gasteiger partial charge is 0.118 e. The van der Waals surface area contributed by atoms with Crippen LogP contribution in [-0.2, 0) is 0 Å². The first-order chi connectivity index (χ1) is 12.3.